The van der Waals surface area contributed by atoms with Crippen molar-refractivity contribution in [3.63, 3.8) is 0 Å². The third kappa shape index (κ3) is 4.23. The quantitative estimate of drug-likeness (QED) is 0.510. The van der Waals surface area contributed by atoms with Crippen LogP contribution in [0.3, 0.4) is 0 Å². The lowest BCUT2D eigenvalue weighted by Gasteiger charge is -2.35. The molecule has 1 aliphatic heterocycles. The fourth-order valence-corrected chi connectivity index (χ4v) is 3.78. The van der Waals surface area contributed by atoms with E-state index >= 15 is 0 Å². The van der Waals surface area contributed by atoms with Gasteiger partial charge in [0.1, 0.15) is 0 Å². The topological polar surface area (TPSA) is 89.7 Å². The fraction of sp³-hybridized carbons (Fsp3) is 0.300. The van der Waals surface area contributed by atoms with Gasteiger partial charge < -0.3 is 14.2 Å². The number of non-ortho nitro benzene ring substituents is 1. The summed E-state index contributed by atoms with van der Waals surface area (Å²) in [4.78, 5) is 14.0. The van der Waals surface area contributed by atoms with Crippen LogP contribution in [0.1, 0.15) is 18.9 Å². The predicted molar refractivity (Wildman–Crippen MR) is 109 cm³/mol. The summed E-state index contributed by atoms with van der Waals surface area (Å²) in [6.45, 7) is 5.62. The van der Waals surface area contributed by atoms with E-state index in [2.05, 4.69) is 22.0 Å². The van der Waals surface area contributed by atoms with Gasteiger partial charge in [0, 0.05) is 28.4 Å². The summed E-state index contributed by atoms with van der Waals surface area (Å²) in [5.74, 6) is 1.08. The Morgan fingerprint density at radius 2 is 1.90 bits per heavy atom. The molecule has 0 bridgehead atoms. The van der Waals surface area contributed by atoms with Crippen LogP contribution in [0.2, 0.25) is 5.02 Å². The van der Waals surface area contributed by atoms with E-state index < -0.39 is 0 Å². The largest absolute Gasteiger partial charge is 0.415 e. The Kier molecular flexibility index (Phi) is 5.46. The molecule has 2 heterocycles. The van der Waals surface area contributed by atoms with E-state index in [1.165, 1.54) is 4.90 Å². The molecule has 4 rings (SSSR count). The second kappa shape index (κ2) is 8.18. The third-order valence-electron chi connectivity index (χ3n) is 5.33. The normalized spacial score (nSPS) is 16.0. The van der Waals surface area contributed by atoms with E-state index in [-0.39, 0.29) is 16.7 Å². The van der Waals surface area contributed by atoms with E-state index in [4.69, 9.17) is 16.0 Å². The van der Waals surface area contributed by atoms with Crippen molar-refractivity contribution in [1.29, 1.82) is 0 Å². The zero-order chi connectivity index (χ0) is 20.4. The molecule has 0 spiro atoms. The predicted octanol–water partition coefficient (Wildman–Crippen LogP) is 2.76. The first-order valence-corrected chi connectivity index (χ1v) is 9.82. The van der Waals surface area contributed by atoms with Crippen molar-refractivity contribution in [2.24, 2.45) is 0 Å². The van der Waals surface area contributed by atoms with Crippen molar-refractivity contribution in [2.75, 3.05) is 31.1 Å². The van der Waals surface area contributed by atoms with Crippen molar-refractivity contribution in [3.8, 4) is 11.5 Å². The smallest absolute Gasteiger partial charge is 0.274 e. The Balaban J connectivity index is 1.39. The van der Waals surface area contributed by atoms with Crippen molar-refractivity contribution >= 4 is 23.0 Å². The van der Waals surface area contributed by atoms with Gasteiger partial charge in [-0.3, -0.25) is 10.1 Å². The number of halogens is 1. The minimum absolute atomic E-state index is 0.0782. The van der Waals surface area contributed by atoms with Gasteiger partial charge in [-0.25, -0.2) is 0 Å². The summed E-state index contributed by atoms with van der Waals surface area (Å²) in [7, 11) is 0. The number of nitrogens with zero attached hydrogens (tertiary/aromatic N) is 4. The molecular weight excluding hydrogens is 394 g/mol. The van der Waals surface area contributed by atoms with Crippen LogP contribution in [0, 0.1) is 10.1 Å². The van der Waals surface area contributed by atoms with Gasteiger partial charge in [0.05, 0.1) is 31.1 Å². The van der Waals surface area contributed by atoms with Gasteiger partial charge in [-0.05, 0) is 37.3 Å². The maximum atomic E-state index is 10.8. The minimum Gasteiger partial charge on any atom is -0.415 e. The van der Waals surface area contributed by atoms with E-state index in [1.54, 1.807) is 24.3 Å². The number of hydrogen-bond acceptors (Lipinski definition) is 6. The van der Waals surface area contributed by atoms with E-state index in [0.717, 1.165) is 37.4 Å². The van der Waals surface area contributed by atoms with Crippen LogP contribution in [-0.2, 0) is 0 Å². The first kappa shape index (κ1) is 19.4. The van der Waals surface area contributed by atoms with Crippen LogP contribution in [-0.4, -0.2) is 41.3 Å². The highest BCUT2D eigenvalue weighted by Crippen LogP contribution is 2.23. The highest BCUT2D eigenvalue weighted by Gasteiger charge is 2.29. The number of piperazine rings is 1. The number of hydrogen-bond donors (Lipinski definition) is 1. The molecule has 3 aromatic rings. The highest BCUT2D eigenvalue weighted by atomic mass is 35.5. The van der Waals surface area contributed by atoms with E-state index in [0.29, 0.717) is 16.8 Å². The molecule has 29 heavy (non-hydrogen) atoms. The van der Waals surface area contributed by atoms with Gasteiger partial charge in [-0.1, -0.05) is 17.7 Å². The number of benzene rings is 2. The van der Waals surface area contributed by atoms with Crippen LogP contribution in [0.25, 0.3) is 11.5 Å². The average molecular weight is 415 g/mol. The van der Waals surface area contributed by atoms with Gasteiger partial charge in [-0.15, -0.1) is 10.2 Å². The second-order valence-electron chi connectivity index (χ2n) is 7.10. The summed E-state index contributed by atoms with van der Waals surface area (Å²) in [5.41, 5.74) is 1.92. The molecule has 1 fully saturated rings. The van der Waals surface area contributed by atoms with Crippen LogP contribution in [0.4, 0.5) is 11.4 Å². The number of anilines is 1. The van der Waals surface area contributed by atoms with E-state index in [1.807, 2.05) is 24.3 Å². The van der Waals surface area contributed by atoms with Crippen LogP contribution in [0.5, 0.6) is 0 Å². The molecule has 1 atom stereocenters. The third-order valence-corrected chi connectivity index (χ3v) is 5.56. The number of quaternary nitrogens is 1. The number of nitro groups is 1. The number of nitrogens with one attached hydrogen (secondary N) is 1. The molecule has 1 aromatic heterocycles. The molecule has 150 valence electrons. The lowest BCUT2D eigenvalue weighted by atomic mass is 10.2. The molecule has 1 N–H and O–H groups in total. The number of nitro benzene ring substituents is 1. The highest BCUT2D eigenvalue weighted by molar-refractivity contribution is 6.30. The molecule has 8 nitrogen and oxygen atoms in total. The first-order chi connectivity index (χ1) is 14.0. The monoisotopic (exact) mass is 414 g/mol. The lowest BCUT2D eigenvalue weighted by Crippen LogP contribution is -3.14. The van der Waals surface area contributed by atoms with Crippen molar-refractivity contribution in [1.82, 2.24) is 10.2 Å². The summed E-state index contributed by atoms with van der Waals surface area (Å²) in [5, 5.41) is 19.9. The van der Waals surface area contributed by atoms with E-state index in [9.17, 15) is 10.1 Å². The maximum Gasteiger partial charge on any atom is 0.274 e. The molecule has 9 heteroatoms. The average Bonchev–Trinajstić information content (AvgIpc) is 3.24. The van der Waals surface area contributed by atoms with Crippen LogP contribution < -0.4 is 9.80 Å². The Hall–Kier alpha value is -2.97. The molecule has 0 saturated carbocycles. The van der Waals surface area contributed by atoms with Crippen molar-refractivity contribution < 1.29 is 14.2 Å². The molecule has 0 unspecified atom stereocenters. The Morgan fingerprint density at radius 1 is 1.17 bits per heavy atom. The summed E-state index contributed by atoms with van der Waals surface area (Å²) < 4.78 is 5.91. The standard InChI is InChI=1S/C20H20ClN5O3/c1-14(19-22-23-20(29-19)15-3-2-4-16(21)13-15)24-9-11-25(12-10-24)17-5-7-18(8-6-17)26(27)28/h2-8,13-14H,9-12H2,1H3/p+1/t14-/m0/s1. The zero-order valence-corrected chi connectivity index (χ0v) is 16.7. The van der Waals surface area contributed by atoms with Gasteiger partial charge in [0.2, 0.25) is 5.89 Å². The SMILES string of the molecule is C[C@@H](c1nnc(-c2cccc(Cl)c2)o1)[NH+]1CCN(c2ccc([N+](=O)[O-])cc2)CC1. The minimum atomic E-state index is -0.379. The molecule has 1 saturated heterocycles. The molecular formula is C20H21ClN5O3+. The molecule has 0 radical (unpaired) electrons. The summed E-state index contributed by atoms with van der Waals surface area (Å²) in [6, 6.07) is 14.1. The number of rotatable bonds is 5. The van der Waals surface area contributed by atoms with Gasteiger partial charge >= 0.3 is 0 Å². The second-order valence-corrected chi connectivity index (χ2v) is 7.53. The lowest BCUT2D eigenvalue weighted by molar-refractivity contribution is -0.931. The zero-order valence-electron chi connectivity index (χ0n) is 15.9. The first-order valence-electron chi connectivity index (χ1n) is 9.44. The fourth-order valence-electron chi connectivity index (χ4n) is 3.59. The number of aromatic nitrogens is 2. The molecule has 0 amide bonds. The Labute approximate surface area is 172 Å². The summed E-state index contributed by atoms with van der Waals surface area (Å²) in [6.07, 6.45) is 0. The van der Waals surface area contributed by atoms with Gasteiger partial charge in [0.15, 0.2) is 6.04 Å². The van der Waals surface area contributed by atoms with Crippen molar-refractivity contribution in [3.05, 3.63) is 69.6 Å². The maximum absolute atomic E-state index is 10.8. The molecule has 1 aliphatic rings. The van der Waals surface area contributed by atoms with Crippen molar-refractivity contribution in [2.45, 2.75) is 13.0 Å². The van der Waals surface area contributed by atoms with Gasteiger partial charge in [-0.2, -0.15) is 0 Å². The van der Waals surface area contributed by atoms with Crippen LogP contribution >= 0.6 is 11.6 Å². The Bertz CT molecular complexity index is 999. The summed E-state index contributed by atoms with van der Waals surface area (Å²) >= 11 is 6.04. The molecule has 0 aliphatic carbocycles. The van der Waals surface area contributed by atoms with Gasteiger partial charge in [0.25, 0.3) is 11.6 Å². The Morgan fingerprint density at radius 3 is 2.55 bits per heavy atom. The van der Waals surface area contributed by atoms with Crippen LogP contribution in [0.15, 0.2) is 52.9 Å². The molecule has 2 aromatic carbocycles.